The number of carbonyl (C=O) groups is 1. The summed E-state index contributed by atoms with van der Waals surface area (Å²) in [6, 6.07) is 7.96. The van der Waals surface area contributed by atoms with E-state index < -0.39 is 10.0 Å². The van der Waals surface area contributed by atoms with E-state index in [1.807, 2.05) is 0 Å². The molecule has 1 fully saturated rings. The SMILES string of the molecule is O=C(c1cccc(Cl)c1Cl)N1CCN(S(=O)(=O)c2cccnc2)CC1. The van der Waals surface area contributed by atoms with Crippen molar-refractivity contribution in [2.45, 2.75) is 4.90 Å². The molecule has 0 saturated carbocycles. The molecular formula is C16H15Cl2N3O3S. The lowest BCUT2D eigenvalue weighted by Gasteiger charge is -2.34. The molecule has 1 aromatic carbocycles. The maximum atomic E-state index is 12.6. The van der Waals surface area contributed by atoms with Gasteiger partial charge in [-0.2, -0.15) is 4.31 Å². The van der Waals surface area contributed by atoms with Crippen LogP contribution >= 0.6 is 23.2 Å². The molecule has 3 rings (SSSR count). The maximum Gasteiger partial charge on any atom is 0.255 e. The topological polar surface area (TPSA) is 70.6 Å². The van der Waals surface area contributed by atoms with Gasteiger partial charge in [-0.05, 0) is 24.3 Å². The number of nitrogens with zero attached hydrogens (tertiary/aromatic N) is 3. The van der Waals surface area contributed by atoms with Gasteiger partial charge in [-0.15, -0.1) is 0 Å². The summed E-state index contributed by atoms with van der Waals surface area (Å²) in [6.07, 6.45) is 2.84. The highest BCUT2D eigenvalue weighted by atomic mass is 35.5. The number of benzene rings is 1. The van der Waals surface area contributed by atoms with Gasteiger partial charge in [-0.25, -0.2) is 8.42 Å². The lowest BCUT2D eigenvalue weighted by molar-refractivity contribution is 0.0698. The van der Waals surface area contributed by atoms with Crippen molar-refractivity contribution in [3.8, 4) is 0 Å². The van der Waals surface area contributed by atoms with Crippen molar-refractivity contribution in [3.63, 3.8) is 0 Å². The number of halogens is 2. The summed E-state index contributed by atoms with van der Waals surface area (Å²) < 4.78 is 26.5. The van der Waals surface area contributed by atoms with E-state index in [9.17, 15) is 13.2 Å². The second-order valence-corrected chi connectivity index (χ2v) is 8.21. The van der Waals surface area contributed by atoms with Gasteiger partial charge < -0.3 is 4.90 Å². The molecule has 1 aliphatic rings. The summed E-state index contributed by atoms with van der Waals surface area (Å²) in [5.41, 5.74) is 0.317. The number of sulfonamides is 1. The average molecular weight is 400 g/mol. The summed E-state index contributed by atoms with van der Waals surface area (Å²) in [6.45, 7) is 0.977. The summed E-state index contributed by atoms with van der Waals surface area (Å²) in [5, 5.41) is 0.518. The van der Waals surface area contributed by atoms with E-state index in [-0.39, 0.29) is 42.0 Å². The number of carbonyl (C=O) groups excluding carboxylic acids is 1. The molecule has 6 nitrogen and oxygen atoms in total. The Morgan fingerprint density at radius 2 is 1.76 bits per heavy atom. The lowest BCUT2D eigenvalue weighted by Crippen LogP contribution is -2.50. The Morgan fingerprint density at radius 1 is 1.04 bits per heavy atom. The second kappa shape index (κ2) is 7.29. The standard InChI is InChI=1S/C16H15Cl2N3O3S/c17-14-5-1-4-13(15(14)18)16(22)20-7-9-21(10-8-20)25(23,24)12-3-2-6-19-11-12/h1-6,11H,7-10H2. The molecule has 0 unspecified atom stereocenters. The van der Waals surface area contributed by atoms with Gasteiger partial charge >= 0.3 is 0 Å². The smallest absolute Gasteiger partial charge is 0.255 e. The van der Waals surface area contributed by atoms with Crippen molar-refractivity contribution in [2.75, 3.05) is 26.2 Å². The van der Waals surface area contributed by atoms with Crippen LogP contribution < -0.4 is 0 Å². The van der Waals surface area contributed by atoms with Crippen LogP contribution in [0.1, 0.15) is 10.4 Å². The van der Waals surface area contributed by atoms with Crippen LogP contribution in [0.25, 0.3) is 0 Å². The number of rotatable bonds is 3. The van der Waals surface area contributed by atoms with E-state index in [0.29, 0.717) is 10.6 Å². The molecule has 0 aliphatic carbocycles. The molecule has 0 bridgehead atoms. The summed E-state index contributed by atoms with van der Waals surface area (Å²) in [4.78, 5) is 18.2. The van der Waals surface area contributed by atoms with Crippen LogP contribution in [0.3, 0.4) is 0 Å². The fourth-order valence-corrected chi connectivity index (χ4v) is 4.39. The molecule has 1 aromatic heterocycles. The summed E-state index contributed by atoms with van der Waals surface area (Å²) >= 11 is 12.0. The van der Waals surface area contributed by atoms with E-state index >= 15 is 0 Å². The molecule has 0 atom stereocenters. The third kappa shape index (κ3) is 3.64. The molecule has 25 heavy (non-hydrogen) atoms. The van der Waals surface area contributed by atoms with Gasteiger partial charge in [-0.1, -0.05) is 29.3 Å². The van der Waals surface area contributed by atoms with E-state index in [4.69, 9.17) is 23.2 Å². The van der Waals surface area contributed by atoms with Crippen LogP contribution in [0.4, 0.5) is 0 Å². The number of hydrogen-bond donors (Lipinski definition) is 0. The van der Waals surface area contributed by atoms with Crippen molar-refractivity contribution >= 4 is 39.1 Å². The fourth-order valence-electron chi connectivity index (χ4n) is 2.62. The molecule has 0 spiro atoms. The third-order valence-corrected chi connectivity index (χ3v) is 6.68. The van der Waals surface area contributed by atoms with E-state index in [2.05, 4.69) is 4.98 Å². The largest absolute Gasteiger partial charge is 0.336 e. The van der Waals surface area contributed by atoms with Crippen molar-refractivity contribution in [1.82, 2.24) is 14.2 Å². The fraction of sp³-hybridized carbons (Fsp3) is 0.250. The van der Waals surface area contributed by atoms with Crippen LogP contribution in [0.5, 0.6) is 0 Å². The molecular weight excluding hydrogens is 385 g/mol. The van der Waals surface area contributed by atoms with Crippen LogP contribution in [0.15, 0.2) is 47.6 Å². The summed E-state index contributed by atoms with van der Waals surface area (Å²) in [7, 11) is -3.60. The first-order valence-corrected chi connectivity index (χ1v) is 9.74. The molecule has 9 heteroatoms. The van der Waals surface area contributed by atoms with Gasteiger partial charge in [0.05, 0.1) is 15.6 Å². The Morgan fingerprint density at radius 3 is 2.40 bits per heavy atom. The maximum absolute atomic E-state index is 12.6. The van der Waals surface area contributed by atoms with Crippen LogP contribution in [-0.4, -0.2) is 54.7 Å². The molecule has 2 aromatic rings. The Labute approximate surface area is 156 Å². The number of pyridine rings is 1. The molecule has 2 heterocycles. The number of amides is 1. The quantitative estimate of drug-likeness (QED) is 0.794. The van der Waals surface area contributed by atoms with E-state index in [1.54, 1.807) is 29.2 Å². The third-order valence-electron chi connectivity index (χ3n) is 3.98. The van der Waals surface area contributed by atoms with Gasteiger partial charge in [0, 0.05) is 38.6 Å². The Kier molecular flexibility index (Phi) is 5.29. The summed E-state index contributed by atoms with van der Waals surface area (Å²) in [5.74, 6) is -0.258. The van der Waals surface area contributed by atoms with Crippen molar-refractivity contribution in [3.05, 3.63) is 58.3 Å². The first-order chi connectivity index (χ1) is 11.9. The van der Waals surface area contributed by atoms with E-state index in [1.165, 1.54) is 22.8 Å². The van der Waals surface area contributed by atoms with Crippen molar-refractivity contribution in [1.29, 1.82) is 0 Å². The predicted octanol–water partition coefficient (Wildman–Crippen LogP) is 2.54. The van der Waals surface area contributed by atoms with Crippen LogP contribution in [-0.2, 0) is 10.0 Å². The van der Waals surface area contributed by atoms with Gasteiger partial charge in [0.15, 0.2) is 0 Å². The Hall–Kier alpha value is -1.67. The number of piperazine rings is 1. The zero-order valence-electron chi connectivity index (χ0n) is 13.1. The molecule has 132 valence electrons. The van der Waals surface area contributed by atoms with Gasteiger partial charge in [0.25, 0.3) is 5.91 Å². The minimum absolute atomic E-state index is 0.146. The highest BCUT2D eigenvalue weighted by Gasteiger charge is 2.31. The predicted molar refractivity (Wildman–Crippen MR) is 95.4 cm³/mol. The number of aromatic nitrogens is 1. The second-order valence-electron chi connectivity index (χ2n) is 5.49. The van der Waals surface area contributed by atoms with Crippen LogP contribution in [0, 0.1) is 0 Å². The highest BCUT2D eigenvalue weighted by molar-refractivity contribution is 7.89. The Bertz CT molecular complexity index is 883. The first-order valence-electron chi connectivity index (χ1n) is 7.55. The monoisotopic (exact) mass is 399 g/mol. The normalized spacial score (nSPS) is 16.0. The molecule has 1 saturated heterocycles. The van der Waals surface area contributed by atoms with Gasteiger partial charge in [-0.3, -0.25) is 9.78 Å². The highest BCUT2D eigenvalue weighted by Crippen LogP contribution is 2.27. The zero-order valence-corrected chi connectivity index (χ0v) is 15.4. The van der Waals surface area contributed by atoms with Gasteiger partial charge in [0.2, 0.25) is 10.0 Å². The zero-order chi connectivity index (χ0) is 18.0. The average Bonchev–Trinajstić information content (AvgIpc) is 2.64. The lowest BCUT2D eigenvalue weighted by atomic mass is 10.2. The molecule has 1 amide bonds. The molecule has 0 N–H and O–H groups in total. The first kappa shape index (κ1) is 18.1. The van der Waals surface area contributed by atoms with Crippen molar-refractivity contribution in [2.24, 2.45) is 0 Å². The molecule has 0 radical (unpaired) electrons. The van der Waals surface area contributed by atoms with E-state index in [0.717, 1.165) is 0 Å². The van der Waals surface area contributed by atoms with Crippen LogP contribution in [0.2, 0.25) is 10.0 Å². The minimum atomic E-state index is -3.60. The van der Waals surface area contributed by atoms with Crippen molar-refractivity contribution < 1.29 is 13.2 Å². The minimum Gasteiger partial charge on any atom is -0.336 e. The van der Waals surface area contributed by atoms with Gasteiger partial charge in [0.1, 0.15) is 4.90 Å². The Balaban J connectivity index is 1.72. The molecule has 1 aliphatic heterocycles. The number of hydrogen-bond acceptors (Lipinski definition) is 4.